The van der Waals surface area contributed by atoms with E-state index in [1.54, 1.807) is 0 Å². The summed E-state index contributed by atoms with van der Waals surface area (Å²) >= 11 is 0. The number of ether oxygens (including phenoxy) is 2. The Labute approximate surface area is 118 Å². The third-order valence-electron chi connectivity index (χ3n) is 2.49. The molecule has 0 spiro atoms. The first-order valence-electron chi connectivity index (χ1n) is 6.36. The highest BCUT2D eigenvalue weighted by Crippen LogP contribution is 2.01. The first kappa shape index (κ1) is 15.8. The van der Waals surface area contributed by atoms with Crippen molar-refractivity contribution >= 4 is 12.1 Å². The molecule has 1 aromatic carbocycles. The Kier molecular flexibility index (Phi) is 6.89. The van der Waals surface area contributed by atoms with Crippen LogP contribution in [0.1, 0.15) is 18.9 Å². The molecule has 0 radical (unpaired) electrons. The van der Waals surface area contributed by atoms with E-state index in [-0.39, 0.29) is 12.6 Å². The molecule has 5 heteroatoms. The van der Waals surface area contributed by atoms with Gasteiger partial charge in [0.05, 0.1) is 0 Å². The molecule has 5 nitrogen and oxygen atoms in total. The standard InChI is InChI=1S/C15H19NO4/c1-3-14(20-12(2)17)9-10-16-15(18)19-11-13-7-5-4-6-8-13/h3-8,14H,1,9-11H2,2H3,(H,16,18)/t14-/m0/s1. The van der Waals surface area contributed by atoms with Gasteiger partial charge in [-0.25, -0.2) is 4.79 Å². The number of carbonyl (C=O) groups excluding carboxylic acids is 2. The van der Waals surface area contributed by atoms with Gasteiger partial charge in [0.25, 0.3) is 0 Å². The summed E-state index contributed by atoms with van der Waals surface area (Å²) in [4.78, 5) is 22.2. The maximum Gasteiger partial charge on any atom is 0.407 e. The van der Waals surface area contributed by atoms with Crippen LogP contribution < -0.4 is 5.32 Å². The third kappa shape index (κ3) is 6.58. The molecular weight excluding hydrogens is 258 g/mol. The largest absolute Gasteiger partial charge is 0.458 e. The second-order valence-electron chi connectivity index (χ2n) is 4.16. The first-order valence-corrected chi connectivity index (χ1v) is 6.36. The molecule has 0 bridgehead atoms. The van der Waals surface area contributed by atoms with Gasteiger partial charge in [0.2, 0.25) is 0 Å². The summed E-state index contributed by atoms with van der Waals surface area (Å²) in [7, 11) is 0. The second kappa shape index (κ2) is 8.74. The highest BCUT2D eigenvalue weighted by molar-refractivity contribution is 5.67. The lowest BCUT2D eigenvalue weighted by molar-refractivity contribution is -0.144. The second-order valence-corrected chi connectivity index (χ2v) is 4.16. The van der Waals surface area contributed by atoms with Gasteiger partial charge in [-0.05, 0) is 5.56 Å². The number of hydrogen-bond donors (Lipinski definition) is 1. The molecule has 1 atom stereocenters. The van der Waals surface area contributed by atoms with Crippen molar-refractivity contribution in [3.05, 3.63) is 48.6 Å². The zero-order valence-electron chi connectivity index (χ0n) is 11.5. The molecule has 1 amide bonds. The lowest BCUT2D eigenvalue weighted by atomic mass is 10.2. The van der Waals surface area contributed by atoms with Crippen molar-refractivity contribution in [1.29, 1.82) is 0 Å². The summed E-state index contributed by atoms with van der Waals surface area (Å²) < 4.78 is 10.0. The van der Waals surface area contributed by atoms with E-state index in [2.05, 4.69) is 11.9 Å². The van der Waals surface area contributed by atoms with Gasteiger partial charge in [0.1, 0.15) is 12.7 Å². The Balaban J connectivity index is 2.19. The van der Waals surface area contributed by atoms with Gasteiger partial charge in [-0.15, -0.1) is 0 Å². The highest BCUT2D eigenvalue weighted by atomic mass is 16.5. The number of alkyl carbamates (subject to hydrolysis) is 1. The van der Waals surface area contributed by atoms with Crippen LogP contribution in [-0.4, -0.2) is 24.7 Å². The number of hydrogen-bond acceptors (Lipinski definition) is 4. The summed E-state index contributed by atoms with van der Waals surface area (Å²) in [5.74, 6) is -0.374. The summed E-state index contributed by atoms with van der Waals surface area (Å²) in [5, 5.41) is 2.59. The molecule has 0 aliphatic carbocycles. The Morgan fingerprint density at radius 3 is 2.65 bits per heavy atom. The van der Waals surface area contributed by atoms with Crippen molar-refractivity contribution in [3.8, 4) is 0 Å². The smallest absolute Gasteiger partial charge is 0.407 e. The van der Waals surface area contributed by atoms with E-state index in [4.69, 9.17) is 9.47 Å². The fraction of sp³-hybridized carbons (Fsp3) is 0.333. The molecule has 0 saturated heterocycles. The molecule has 1 rings (SSSR count). The van der Waals surface area contributed by atoms with Crippen LogP contribution in [0.4, 0.5) is 4.79 Å². The first-order chi connectivity index (χ1) is 9.61. The Morgan fingerprint density at radius 1 is 1.35 bits per heavy atom. The maximum atomic E-state index is 11.4. The van der Waals surface area contributed by atoms with E-state index in [0.717, 1.165) is 5.56 Å². The number of nitrogens with one attached hydrogen (secondary N) is 1. The van der Waals surface area contributed by atoms with Gasteiger partial charge in [-0.2, -0.15) is 0 Å². The quantitative estimate of drug-likeness (QED) is 0.614. The third-order valence-corrected chi connectivity index (χ3v) is 2.49. The van der Waals surface area contributed by atoms with Crippen molar-refractivity contribution in [2.24, 2.45) is 0 Å². The average molecular weight is 277 g/mol. The van der Waals surface area contributed by atoms with Gasteiger partial charge in [0, 0.05) is 19.9 Å². The highest BCUT2D eigenvalue weighted by Gasteiger charge is 2.08. The van der Waals surface area contributed by atoms with Crippen LogP contribution >= 0.6 is 0 Å². The fourth-order valence-electron chi connectivity index (χ4n) is 1.53. The van der Waals surface area contributed by atoms with Crippen LogP contribution in [0.3, 0.4) is 0 Å². The van der Waals surface area contributed by atoms with Gasteiger partial charge < -0.3 is 14.8 Å². The lowest BCUT2D eigenvalue weighted by Gasteiger charge is -2.13. The minimum Gasteiger partial charge on any atom is -0.458 e. The van der Waals surface area contributed by atoms with Gasteiger partial charge in [-0.3, -0.25) is 4.79 Å². The normalized spacial score (nSPS) is 11.2. The summed E-state index contributed by atoms with van der Waals surface area (Å²) in [5.41, 5.74) is 0.923. The Morgan fingerprint density at radius 2 is 2.05 bits per heavy atom. The van der Waals surface area contributed by atoms with Crippen molar-refractivity contribution in [2.75, 3.05) is 6.54 Å². The Hall–Kier alpha value is -2.30. The lowest BCUT2D eigenvalue weighted by Crippen LogP contribution is -2.28. The maximum absolute atomic E-state index is 11.4. The van der Waals surface area contributed by atoms with Crippen LogP contribution in [0.25, 0.3) is 0 Å². The number of benzene rings is 1. The Bertz CT molecular complexity index is 444. The fourth-order valence-corrected chi connectivity index (χ4v) is 1.53. The summed E-state index contributed by atoms with van der Waals surface area (Å²) in [6.45, 7) is 5.47. The number of amides is 1. The molecule has 0 unspecified atom stereocenters. The molecule has 0 aromatic heterocycles. The van der Waals surface area contributed by atoms with Crippen LogP contribution in [0.2, 0.25) is 0 Å². The minimum atomic E-state index is -0.500. The predicted molar refractivity (Wildman–Crippen MR) is 75.0 cm³/mol. The number of esters is 1. The SMILES string of the molecule is C=C[C@@H](CCNC(=O)OCc1ccccc1)OC(C)=O. The van der Waals surface area contributed by atoms with Crippen LogP contribution in [0, 0.1) is 0 Å². The average Bonchev–Trinajstić information content (AvgIpc) is 2.44. The molecule has 0 heterocycles. The van der Waals surface area contributed by atoms with E-state index in [1.165, 1.54) is 13.0 Å². The minimum absolute atomic E-state index is 0.224. The molecule has 1 aromatic rings. The molecule has 0 saturated carbocycles. The van der Waals surface area contributed by atoms with E-state index >= 15 is 0 Å². The predicted octanol–water partition coefficient (Wildman–Crippen LogP) is 2.42. The van der Waals surface area contributed by atoms with E-state index < -0.39 is 12.2 Å². The van der Waals surface area contributed by atoms with Gasteiger partial charge in [-0.1, -0.05) is 43.0 Å². The number of carbonyl (C=O) groups is 2. The summed E-state index contributed by atoms with van der Waals surface area (Å²) in [6.07, 6.45) is 1.09. The molecule has 0 aliphatic rings. The molecule has 0 fully saturated rings. The molecule has 20 heavy (non-hydrogen) atoms. The van der Waals surface area contributed by atoms with Crippen molar-refractivity contribution < 1.29 is 19.1 Å². The topological polar surface area (TPSA) is 64.6 Å². The molecule has 1 N–H and O–H groups in total. The van der Waals surface area contributed by atoms with E-state index in [9.17, 15) is 9.59 Å². The van der Waals surface area contributed by atoms with Crippen LogP contribution in [-0.2, 0) is 20.9 Å². The molecule has 0 aliphatic heterocycles. The zero-order valence-corrected chi connectivity index (χ0v) is 11.5. The van der Waals surface area contributed by atoms with Gasteiger partial charge >= 0.3 is 12.1 Å². The number of rotatable bonds is 7. The molecular formula is C15H19NO4. The van der Waals surface area contributed by atoms with E-state index in [0.29, 0.717) is 13.0 Å². The monoisotopic (exact) mass is 277 g/mol. The zero-order chi connectivity index (χ0) is 14.8. The van der Waals surface area contributed by atoms with Crippen molar-refractivity contribution in [1.82, 2.24) is 5.32 Å². The van der Waals surface area contributed by atoms with Crippen molar-refractivity contribution in [3.63, 3.8) is 0 Å². The van der Waals surface area contributed by atoms with E-state index in [1.807, 2.05) is 30.3 Å². The van der Waals surface area contributed by atoms with Crippen LogP contribution in [0.15, 0.2) is 43.0 Å². The van der Waals surface area contributed by atoms with Crippen LogP contribution in [0.5, 0.6) is 0 Å². The molecule has 108 valence electrons. The van der Waals surface area contributed by atoms with Gasteiger partial charge in [0.15, 0.2) is 0 Å². The van der Waals surface area contributed by atoms with Crippen molar-refractivity contribution in [2.45, 2.75) is 26.1 Å². The summed E-state index contributed by atoms with van der Waals surface area (Å²) in [6, 6.07) is 9.41.